The van der Waals surface area contributed by atoms with Crippen LogP contribution in [0.4, 0.5) is 14.9 Å². The molecule has 1 aromatic carbocycles. The predicted octanol–water partition coefficient (Wildman–Crippen LogP) is 2.84. The maximum atomic E-state index is 13.8. The van der Waals surface area contributed by atoms with Gasteiger partial charge in [0.15, 0.2) is 0 Å². The summed E-state index contributed by atoms with van der Waals surface area (Å²) in [6, 6.07) is 5.13. The van der Waals surface area contributed by atoms with Gasteiger partial charge in [-0.05, 0) is 30.9 Å². The summed E-state index contributed by atoms with van der Waals surface area (Å²) in [6.07, 6.45) is 5.18. The molecule has 1 fully saturated rings. The number of hydrogen-bond donors (Lipinski definition) is 1. The van der Waals surface area contributed by atoms with Crippen molar-refractivity contribution in [3.63, 3.8) is 0 Å². The minimum atomic E-state index is -0.299. The number of halogens is 1. The lowest BCUT2D eigenvalue weighted by atomic mass is 10.1. The third kappa shape index (κ3) is 1.96. The van der Waals surface area contributed by atoms with Crippen LogP contribution in [-0.4, -0.2) is 18.6 Å². The lowest BCUT2D eigenvalue weighted by Crippen LogP contribution is -2.43. The van der Waals surface area contributed by atoms with E-state index in [0.29, 0.717) is 12.2 Å². The third-order valence-corrected chi connectivity index (χ3v) is 3.87. The zero-order chi connectivity index (χ0) is 12.5. The summed E-state index contributed by atoms with van der Waals surface area (Å²) in [5, 5.41) is 3.01. The number of urea groups is 1. The van der Waals surface area contributed by atoms with Crippen LogP contribution in [0.1, 0.15) is 31.2 Å². The van der Waals surface area contributed by atoms with Gasteiger partial charge in [0.25, 0.3) is 0 Å². The van der Waals surface area contributed by atoms with Crippen LogP contribution in [0.2, 0.25) is 0 Å². The minimum absolute atomic E-state index is 0.147. The number of para-hydroxylation sites is 1. The summed E-state index contributed by atoms with van der Waals surface area (Å²) < 4.78 is 13.8. The summed E-state index contributed by atoms with van der Waals surface area (Å²) in [5.74, 6) is -0.299. The van der Waals surface area contributed by atoms with E-state index >= 15 is 0 Å². The lowest BCUT2D eigenvalue weighted by molar-refractivity contribution is 0.243. The molecule has 2 amide bonds. The van der Waals surface area contributed by atoms with Gasteiger partial charge in [-0.25, -0.2) is 9.18 Å². The van der Waals surface area contributed by atoms with Crippen LogP contribution < -0.4 is 10.2 Å². The molecule has 18 heavy (non-hydrogen) atoms. The number of nitrogens with zero attached hydrogens (tertiary/aromatic N) is 1. The Kier molecular flexibility index (Phi) is 2.94. The van der Waals surface area contributed by atoms with Crippen LogP contribution in [0, 0.1) is 5.82 Å². The predicted molar refractivity (Wildman–Crippen MR) is 68.2 cm³/mol. The van der Waals surface area contributed by atoms with E-state index in [9.17, 15) is 9.18 Å². The molecule has 3 nitrogen and oxygen atoms in total. The fourth-order valence-corrected chi connectivity index (χ4v) is 2.93. The molecule has 2 aliphatic rings. The molecule has 1 N–H and O–H groups in total. The minimum Gasteiger partial charge on any atom is -0.335 e. The highest BCUT2D eigenvalue weighted by molar-refractivity contribution is 5.94. The molecule has 0 spiro atoms. The standard InChI is InChI=1S/C14H17FN2O/c15-12-7-3-4-10-8-9-17(13(10)12)14(18)16-11-5-1-2-6-11/h3-4,7,11H,1-2,5-6,8-9H2,(H,16,18). The normalized spacial score (nSPS) is 19.1. The summed E-state index contributed by atoms with van der Waals surface area (Å²) >= 11 is 0. The second kappa shape index (κ2) is 4.59. The molecule has 1 saturated carbocycles. The van der Waals surface area contributed by atoms with Gasteiger partial charge in [-0.2, -0.15) is 0 Å². The number of nitrogens with one attached hydrogen (secondary N) is 1. The van der Waals surface area contributed by atoms with E-state index in [1.165, 1.54) is 18.9 Å². The van der Waals surface area contributed by atoms with Gasteiger partial charge >= 0.3 is 6.03 Å². The lowest BCUT2D eigenvalue weighted by Gasteiger charge is -2.21. The van der Waals surface area contributed by atoms with Crippen LogP contribution >= 0.6 is 0 Å². The topological polar surface area (TPSA) is 32.3 Å². The number of anilines is 1. The van der Waals surface area contributed by atoms with Gasteiger partial charge in [0.1, 0.15) is 5.82 Å². The monoisotopic (exact) mass is 248 g/mol. The van der Waals surface area contributed by atoms with E-state index in [-0.39, 0.29) is 17.9 Å². The molecule has 1 aliphatic carbocycles. The largest absolute Gasteiger partial charge is 0.335 e. The quantitative estimate of drug-likeness (QED) is 0.814. The molecule has 0 bridgehead atoms. The van der Waals surface area contributed by atoms with Crippen molar-refractivity contribution in [3.8, 4) is 0 Å². The Morgan fingerprint density at radius 2 is 2.11 bits per heavy atom. The molecule has 1 aliphatic heterocycles. The van der Waals surface area contributed by atoms with Gasteiger partial charge in [-0.3, -0.25) is 4.90 Å². The van der Waals surface area contributed by atoms with Crippen molar-refractivity contribution in [3.05, 3.63) is 29.6 Å². The zero-order valence-electron chi connectivity index (χ0n) is 10.3. The highest BCUT2D eigenvalue weighted by Gasteiger charge is 2.29. The Morgan fingerprint density at radius 1 is 1.33 bits per heavy atom. The fourth-order valence-electron chi connectivity index (χ4n) is 2.93. The van der Waals surface area contributed by atoms with Crippen molar-refractivity contribution in [2.75, 3.05) is 11.4 Å². The van der Waals surface area contributed by atoms with Crippen LogP contribution in [0.15, 0.2) is 18.2 Å². The van der Waals surface area contributed by atoms with E-state index in [2.05, 4.69) is 5.32 Å². The van der Waals surface area contributed by atoms with Crippen molar-refractivity contribution < 1.29 is 9.18 Å². The van der Waals surface area contributed by atoms with Crippen molar-refractivity contribution in [2.45, 2.75) is 38.1 Å². The maximum absolute atomic E-state index is 13.8. The van der Waals surface area contributed by atoms with E-state index in [0.717, 1.165) is 24.8 Å². The fraction of sp³-hybridized carbons (Fsp3) is 0.500. The molecule has 1 aromatic rings. The Balaban J connectivity index is 1.77. The van der Waals surface area contributed by atoms with Crippen molar-refractivity contribution in [1.82, 2.24) is 5.32 Å². The van der Waals surface area contributed by atoms with Crippen LogP contribution in [-0.2, 0) is 6.42 Å². The smallest absolute Gasteiger partial charge is 0.322 e. The molecule has 1 heterocycles. The third-order valence-electron chi connectivity index (χ3n) is 3.87. The molecular formula is C14H17FN2O. The molecule has 0 unspecified atom stereocenters. The van der Waals surface area contributed by atoms with Crippen LogP contribution in [0.25, 0.3) is 0 Å². The first-order valence-corrected chi connectivity index (χ1v) is 6.61. The number of fused-ring (bicyclic) bond motifs is 1. The summed E-state index contributed by atoms with van der Waals surface area (Å²) in [6.45, 7) is 0.578. The SMILES string of the molecule is O=C(NC1CCCC1)N1CCc2cccc(F)c21. The van der Waals surface area contributed by atoms with Gasteiger partial charge in [-0.1, -0.05) is 25.0 Å². The molecule has 3 rings (SSSR count). The Labute approximate surface area is 106 Å². The van der Waals surface area contributed by atoms with E-state index in [1.54, 1.807) is 11.0 Å². The summed E-state index contributed by atoms with van der Waals surface area (Å²) in [7, 11) is 0. The number of amides is 2. The van der Waals surface area contributed by atoms with Gasteiger partial charge in [-0.15, -0.1) is 0 Å². The highest BCUT2D eigenvalue weighted by atomic mass is 19.1. The highest BCUT2D eigenvalue weighted by Crippen LogP contribution is 2.31. The molecule has 0 radical (unpaired) electrons. The number of hydrogen-bond acceptors (Lipinski definition) is 1. The van der Waals surface area contributed by atoms with Crippen molar-refractivity contribution >= 4 is 11.7 Å². The van der Waals surface area contributed by atoms with Crippen molar-refractivity contribution in [1.29, 1.82) is 0 Å². The average Bonchev–Trinajstić information content (AvgIpc) is 2.97. The number of rotatable bonds is 1. The molecule has 0 aromatic heterocycles. The average molecular weight is 248 g/mol. The van der Waals surface area contributed by atoms with E-state index in [4.69, 9.17) is 0 Å². The summed E-state index contributed by atoms with van der Waals surface area (Å²) in [4.78, 5) is 13.7. The maximum Gasteiger partial charge on any atom is 0.322 e. The zero-order valence-corrected chi connectivity index (χ0v) is 10.3. The van der Waals surface area contributed by atoms with E-state index in [1.807, 2.05) is 6.07 Å². The van der Waals surface area contributed by atoms with Gasteiger partial charge in [0.2, 0.25) is 0 Å². The first-order chi connectivity index (χ1) is 8.75. The summed E-state index contributed by atoms with van der Waals surface area (Å²) in [5.41, 5.74) is 1.39. The van der Waals surface area contributed by atoms with E-state index < -0.39 is 0 Å². The first-order valence-electron chi connectivity index (χ1n) is 6.61. The molecule has 4 heteroatoms. The second-order valence-electron chi connectivity index (χ2n) is 5.08. The Bertz CT molecular complexity index is 469. The molecule has 0 atom stereocenters. The molecule has 0 saturated heterocycles. The van der Waals surface area contributed by atoms with Gasteiger partial charge in [0.05, 0.1) is 5.69 Å². The Morgan fingerprint density at radius 3 is 2.89 bits per heavy atom. The first kappa shape index (κ1) is 11.5. The van der Waals surface area contributed by atoms with Crippen LogP contribution in [0.5, 0.6) is 0 Å². The number of carbonyl (C=O) groups excluding carboxylic acids is 1. The number of carbonyl (C=O) groups is 1. The second-order valence-corrected chi connectivity index (χ2v) is 5.08. The van der Waals surface area contributed by atoms with Crippen molar-refractivity contribution in [2.24, 2.45) is 0 Å². The number of benzene rings is 1. The molecular weight excluding hydrogens is 231 g/mol. The molecule has 96 valence electrons. The Hall–Kier alpha value is -1.58. The van der Waals surface area contributed by atoms with Gasteiger partial charge < -0.3 is 5.32 Å². The van der Waals surface area contributed by atoms with Gasteiger partial charge in [0, 0.05) is 12.6 Å². The van der Waals surface area contributed by atoms with Crippen LogP contribution in [0.3, 0.4) is 0 Å².